The molecule has 0 aromatic carbocycles. The summed E-state index contributed by atoms with van der Waals surface area (Å²) in [4.78, 5) is 3.83. The predicted molar refractivity (Wildman–Crippen MR) is 60.2 cm³/mol. The van der Waals surface area contributed by atoms with Gasteiger partial charge in [-0.3, -0.25) is 0 Å². The lowest BCUT2D eigenvalue weighted by Gasteiger charge is -2.11. The second-order valence-electron chi connectivity index (χ2n) is 4.06. The summed E-state index contributed by atoms with van der Waals surface area (Å²) in [5.41, 5.74) is 5.73. The third-order valence-electron chi connectivity index (χ3n) is 2.71. The Kier molecular flexibility index (Phi) is 3.22. The molecule has 0 amide bonds. The third kappa shape index (κ3) is 2.58. The van der Waals surface area contributed by atoms with Crippen molar-refractivity contribution in [3.8, 4) is 0 Å². The van der Waals surface area contributed by atoms with E-state index in [9.17, 15) is 8.42 Å². The first-order chi connectivity index (χ1) is 7.58. The van der Waals surface area contributed by atoms with Crippen LogP contribution in [0.5, 0.6) is 0 Å². The molecule has 0 bridgehead atoms. The van der Waals surface area contributed by atoms with Gasteiger partial charge in [-0.2, -0.15) is 0 Å². The van der Waals surface area contributed by atoms with Gasteiger partial charge >= 0.3 is 0 Å². The Labute approximate surface area is 95.1 Å². The number of hydrogen-bond donors (Lipinski definition) is 2. The van der Waals surface area contributed by atoms with Crippen molar-refractivity contribution in [1.29, 1.82) is 0 Å². The van der Waals surface area contributed by atoms with Crippen molar-refractivity contribution < 1.29 is 8.42 Å². The Morgan fingerprint density at radius 2 is 2.19 bits per heavy atom. The number of pyridine rings is 1. The molecule has 0 spiro atoms. The van der Waals surface area contributed by atoms with E-state index in [4.69, 9.17) is 5.73 Å². The molecule has 1 fully saturated rings. The molecule has 1 heterocycles. The van der Waals surface area contributed by atoms with E-state index in [1.54, 1.807) is 12.1 Å². The van der Waals surface area contributed by atoms with Crippen LogP contribution in [0.1, 0.15) is 19.3 Å². The maximum absolute atomic E-state index is 11.9. The molecular formula is C10H15N3O2S. The van der Waals surface area contributed by atoms with Crippen molar-refractivity contribution in [3.05, 3.63) is 24.4 Å². The van der Waals surface area contributed by atoms with Gasteiger partial charge in [0, 0.05) is 18.3 Å². The van der Waals surface area contributed by atoms with Gasteiger partial charge in [-0.05, 0) is 31.4 Å². The van der Waals surface area contributed by atoms with E-state index < -0.39 is 10.0 Å². The second kappa shape index (κ2) is 4.48. The van der Waals surface area contributed by atoms with Crippen LogP contribution in [0, 0.1) is 0 Å². The van der Waals surface area contributed by atoms with E-state index in [2.05, 4.69) is 9.71 Å². The molecule has 88 valence electrons. The lowest BCUT2D eigenvalue weighted by atomic mass is 10.2. The van der Waals surface area contributed by atoms with Gasteiger partial charge in [0.05, 0.1) is 0 Å². The molecule has 2 atom stereocenters. The highest BCUT2D eigenvalue weighted by molar-refractivity contribution is 7.89. The van der Waals surface area contributed by atoms with Gasteiger partial charge in [0.15, 0.2) is 5.03 Å². The molecule has 2 rings (SSSR count). The summed E-state index contributed by atoms with van der Waals surface area (Å²) < 4.78 is 26.4. The molecule has 16 heavy (non-hydrogen) atoms. The zero-order valence-corrected chi connectivity index (χ0v) is 9.65. The Hall–Kier alpha value is -0.980. The minimum atomic E-state index is -3.48. The number of hydrogen-bond acceptors (Lipinski definition) is 4. The predicted octanol–water partition coefficient (Wildman–Crippen LogP) is 0.240. The van der Waals surface area contributed by atoms with Crippen molar-refractivity contribution in [2.45, 2.75) is 36.4 Å². The highest BCUT2D eigenvalue weighted by atomic mass is 32.2. The van der Waals surface area contributed by atoms with Crippen LogP contribution in [-0.2, 0) is 10.0 Å². The SMILES string of the molecule is NC1CCC(NS(=O)(=O)c2ccccn2)C1. The zero-order chi connectivity index (χ0) is 11.6. The van der Waals surface area contributed by atoms with Crippen molar-refractivity contribution in [1.82, 2.24) is 9.71 Å². The van der Waals surface area contributed by atoms with Gasteiger partial charge in [0.2, 0.25) is 0 Å². The standard InChI is InChI=1S/C10H15N3O2S/c11-8-4-5-9(7-8)13-16(14,15)10-3-1-2-6-12-10/h1-3,6,8-9,13H,4-5,7,11H2. The molecule has 5 nitrogen and oxygen atoms in total. The van der Waals surface area contributed by atoms with Crippen LogP contribution in [0.4, 0.5) is 0 Å². The van der Waals surface area contributed by atoms with Crippen LogP contribution in [0.3, 0.4) is 0 Å². The second-order valence-corrected chi connectivity index (χ2v) is 5.72. The van der Waals surface area contributed by atoms with Gasteiger partial charge < -0.3 is 5.73 Å². The maximum atomic E-state index is 11.9. The Bertz CT molecular complexity index is 446. The Balaban J connectivity index is 2.09. The van der Waals surface area contributed by atoms with Gasteiger partial charge in [-0.25, -0.2) is 18.1 Å². The summed E-state index contributed by atoms with van der Waals surface area (Å²) in [5, 5.41) is 0.0653. The molecule has 0 aliphatic heterocycles. The highest BCUT2D eigenvalue weighted by Gasteiger charge is 2.27. The molecule has 1 aliphatic carbocycles. The van der Waals surface area contributed by atoms with Crippen molar-refractivity contribution in [2.24, 2.45) is 5.73 Å². The third-order valence-corrected chi connectivity index (χ3v) is 4.14. The van der Waals surface area contributed by atoms with E-state index in [0.29, 0.717) is 6.42 Å². The van der Waals surface area contributed by atoms with Gasteiger partial charge in [-0.1, -0.05) is 6.07 Å². The average molecular weight is 241 g/mol. The molecule has 1 aromatic heterocycles. The van der Waals surface area contributed by atoms with Crippen LogP contribution < -0.4 is 10.5 Å². The van der Waals surface area contributed by atoms with Crippen LogP contribution >= 0.6 is 0 Å². The topological polar surface area (TPSA) is 85.1 Å². The lowest BCUT2D eigenvalue weighted by Crippen LogP contribution is -2.34. The first-order valence-corrected chi connectivity index (χ1v) is 6.75. The van der Waals surface area contributed by atoms with E-state index in [0.717, 1.165) is 12.8 Å². The molecule has 0 radical (unpaired) electrons. The summed E-state index contributed by atoms with van der Waals surface area (Å²) in [5.74, 6) is 0. The molecule has 0 saturated heterocycles. The largest absolute Gasteiger partial charge is 0.328 e. The lowest BCUT2D eigenvalue weighted by molar-refractivity contribution is 0.545. The van der Waals surface area contributed by atoms with Crippen LogP contribution in [-0.4, -0.2) is 25.5 Å². The molecular weight excluding hydrogens is 226 g/mol. The van der Waals surface area contributed by atoms with Crippen molar-refractivity contribution in [3.63, 3.8) is 0 Å². The molecule has 1 aromatic rings. The summed E-state index contributed by atoms with van der Waals surface area (Å²) >= 11 is 0. The Morgan fingerprint density at radius 3 is 2.75 bits per heavy atom. The average Bonchev–Trinajstić information content (AvgIpc) is 2.64. The normalized spacial score (nSPS) is 25.8. The van der Waals surface area contributed by atoms with Crippen molar-refractivity contribution >= 4 is 10.0 Å². The van der Waals surface area contributed by atoms with Gasteiger partial charge in [0.25, 0.3) is 10.0 Å². The molecule has 1 aliphatic rings. The van der Waals surface area contributed by atoms with E-state index in [-0.39, 0.29) is 17.1 Å². The van der Waals surface area contributed by atoms with E-state index >= 15 is 0 Å². The molecule has 1 saturated carbocycles. The smallest absolute Gasteiger partial charge is 0.258 e. The van der Waals surface area contributed by atoms with E-state index in [1.807, 2.05) is 0 Å². The summed E-state index contributed by atoms with van der Waals surface area (Å²) in [6, 6.07) is 4.88. The molecule has 2 unspecified atom stereocenters. The fraction of sp³-hybridized carbons (Fsp3) is 0.500. The fourth-order valence-corrected chi connectivity index (χ4v) is 3.14. The monoisotopic (exact) mass is 241 g/mol. The minimum absolute atomic E-state index is 0.0537. The quantitative estimate of drug-likeness (QED) is 0.794. The number of nitrogens with one attached hydrogen (secondary N) is 1. The minimum Gasteiger partial charge on any atom is -0.328 e. The number of nitrogens with two attached hydrogens (primary N) is 1. The number of aromatic nitrogens is 1. The van der Waals surface area contributed by atoms with Crippen LogP contribution in [0.25, 0.3) is 0 Å². The van der Waals surface area contributed by atoms with Gasteiger partial charge in [0.1, 0.15) is 0 Å². The summed E-state index contributed by atoms with van der Waals surface area (Å²) in [6.45, 7) is 0. The Morgan fingerprint density at radius 1 is 1.38 bits per heavy atom. The van der Waals surface area contributed by atoms with Crippen LogP contribution in [0.2, 0.25) is 0 Å². The van der Waals surface area contributed by atoms with Crippen LogP contribution in [0.15, 0.2) is 29.4 Å². The summed E-state index contributed by atoms with van der Waals surface area (Å²) in [6.07, 6.45) is 3.84. The molecule has 6 heteroatoms. The first-order valence-electron chi connectivity index (χ1n) is 5.27. The van der Waals surface area contributed by atoms with Crippen molar-refractivity contribution in [2.75, 3.05) is 0 Å². The summed E-state index contributed by atoms with van der Waals surface area (Å²) in [7, 11) is -3.48. The zero-order valence-electron chi connectivity index (χ0n) is 8.83. The van der Waals surface area contributed by atoms with E-state index in [1.165, 1.54) is 12.3 Å². The number of nitrogens with zero attached hydrogens (tertiary/aromatic N) is 1. The number of sulfonamides is 1. The highest BCUT2D eigenvalue weighted by Crippen LogP contribution is 2.19. The van der Waals surface area contributed by atoms with Gasteiger partial charge in [-0.15, -0.1) is 0 Å². The molecule has 3 N–H and O–H groups in total. The fourth-order valence-electron chi connectivity index (χ4n) is 1.91. The maximum Gasteiger partial charge on any atom is 0.258 e. The first kappa shape index (κ1) is 11.5. The number of rotatable bonds is 3.